The number of amides is 2. The lowest BCUT2D eigenvalue weighted by Crippen LogP contribution is -2.25. The molecule has 0 bridgehead atoms. The summed E-state index contributed by atoms with van der Waals surface area (Å²) in [7, 11) is 1.89. The van der Waals surface area contributed by atoms with Crippen LogP contribution < -0.4 is 10.6 Å². The van der Waals surface area contributed by atoms with Gasteiger partial charge in [-0.3, -0.25) is 14.3 Å². The van der Waals surface area contributed by atoms with E-state index in [1.165, 1.54) is 4.88 Å². The highest BCUT2D eigenvalue weighted by atomic mass is 32.1. The van der Waals surface area contributed by atoms with Crippen molar-refractivity contribution in [3.05, 3.63) is 70.2 Å². The number of benzene rings is 1. The fourth-order valence-electron chi connectivity index (χ4n) is 3.04. The maximum absolute atomic E-state index is 12.4. The number of aryl methyl sites for hydroxylation is 3. The highest BCUT2D eigenvalue weighted by Gasteiger charge is 2.08. The highest BCUT2D eigenvalue weighted by molar-refractivity contribution is 7.09. The molecule has 152 valence electrons. The minimum Gasteiger partial charge on any atom is -0.352 e. The first-order chi connectivity index (χ1) is 14.1. The van der Waals surface area contributed by atoms with Crippen LogP contribution in [0, 0.1) is 0 Å². The summed E-state index contributed by atoms with van der Waals surface area (Å²) in [5.41, 5.74) is 2.35. The van der Waals surface area contributed by atoms with E-state index in [9.17, 15) is 9.59 Å². The van der Waals surface area contributed by atoms with Gasteiger partial charge in [0.25, 0.3) is 5.91 Å². The first-order valence-electron chi connectivity index (χ1n) is 9.78. The summed E-state index contributed by atoms with van der Waals surface area (Å²) in [6, 6.07) is 11.2. The molecule has 0 unspecified atom stereocenters. The van der Waals surface area contributed by atoms with E-state index >= 15 is 0 Å². The smallest absolute Gasteiger partial charge is 0.251 e. The van der Waals surface area contributed by atoms with Crippen molar-refractivity contribution in [3.63, 3.8) is 0 Å². The summed E-state index contributed by atoms with van der Waals surface area (Å²) in [4.78, 5) is 25.8. The van der Waals surface area contributed by atoms with Crippen molar-refractivity contribution in [1.29, 1.82) is 0 Å². The first kappa shape index (κ1) is 20.8. The molecule has 2 aromatic heterocycles. The minimum absolute atomic E-state index is 0.0319. The summed E-state index contributed by atoms with van der Waals surface area (Å²) < 4.78 is 1.77. The lowest BCUT2D eigenvalue weighted by Gasteiger charge is -2.08. The molecule has 0 aliphatic heterocycles. The number of hydrogen-bond donors (Lipinski definition) is 2. The number of aromatic nitrogens is 2. The van der Waals surface area contributed by atoms with Crippen molar-refractivity contribution in [1.82, 2.24) is 15.1 Å². The predicted molar refractivity (Wildman–Crippen MR) is 116 cm³/mol. The van der Waals surface area contributed by atoms with Crippen molar-refractivity contribution < 1.29 is 9.59 Å². The van der Waals surface area contributed by atoms with Crippen molar-refractivity contribution in [2.24, 2.45) is 7.05 Å². The van der Waals surface area contributed by atoms with Crippen LogP contribution in [0.1, 0.15) is 40.1 Å². The third-order valence-electron chi connectivity index (χ3n) is 4.50. The van der Waals surface area contributed by atoms with Crippen LogP contribution in [0.15, 0.2) is 54.2 Å². The van der Waals surface area contributed by atoms with Crippen molar-refractivity contribution in [2.75, 3.05) is 11.9 Å². The molecule has 3 rings (SSSR count). The predicted octanol–water partition coefficient (Wildman–Crippen LogP) is 3.81. The van der Waals surface area contributed by atoms with Gasteiger partial charge in [0.15, 0.2) is 0 Å². The number of anilines is 1. The zero-order valence-electron chi connectivity index (χ0n) is 16.6. The lowest BCUT2D eigenvalue weighted by molar-refractivity contribution is -0.116. The van der Waals surface area contributed by atoms with Crippen LogP contribution in [0.4, 0.5) is 5.69 Å². The second kappa shape index (κ2) is 10.6. The molecule has 0 atom stereocenters. The van der Waals surface area contributed by atoms with Gasteiger partial charge in [-0.2, -0.15) is 5.10 Å². The van der Waals surface area contributed by atoms with E-state index in [0.717, 1.165) is 31.2 Å². The van der Waals surface area contributed by atoms with Gasteiger partial charge in [0, 0.05) is 42.3 Å². The Morgan fingerprint density at radius 1 is 1.14 bits per heavy atom. The molecule has 29 heavy (non-hydrogen) atoms. The molecule has 7 heteroatoms. The summed E-state index contributed by atoms with van der Waals surface area (Å²) in [6.07, 6.45) is 7.72. The SMILES string of the molecule is Cn1cc(CCCNC(=O)c2cccc(NC(=O)CCCc3cccs3)c2)cn1. The van der Waals surface area contributed by atoms with E-state index in [1.807, 2.05) is 30.9 Å². The number of hydrogen-bond acceptors (Lipinski definition) is 4. The normalized spacial score (nSPS) is 10.7. The Morgan fingerprint density at radius 3 is 2.79 bits per heavy atom. The molecule has 3 aromatic rings. The third kappa shape index (κ3) is 6.87. The third-order valence-corrected chi connectivity index (χ3v) is 5.44. The molecular formula is C22H26N4O2S. The van der Waals surface area contributed by atoms with E-state index in [0.29, 0.717) is 24.2 Å². The molecule has 0 aliphatic rings. The average Bonchev–Trinajstić information content (AvgIpc) is 3.37. The number of carbonyl (C=O) groups excluding carboxylic acids is 2. The molecule has 0 fully saturated rings. The maximum atomic E-state index is 12.4. The molecule has 0 radical (unpaired) electrons. The van der Waals surface area contributed by atoms with Gasteiger partial charge in [0.1, 0.15) is 0 Å². The van der Waals surface area contributed by atoms with Gasteiger partial charge in [0.2, 0.25) is 5.91 Å². The standard InChI is InChI=1S/C22H26N4O2S/c1-26-16-17(15-24-26)6-4-12-23-22(28)18-7-2-8-19(14-18)25-21(27)11-3-9-20-10-5-13-29-20/h2,5,7-8,10,13-16H,3-4,6,9,11-12H2,1H3,(H,23,28)(H,25,27). The Morgan fingerprint density at radius 2 is 2.03 bits per heavy atom. The molecule has 2 N–H and O–H groups in total. The molecular weight excluding hydrogens is 384 g/mol. The van der Waals surface area contributed by atoms with Crippen molar-refractivity contribution in [3.8, 4) is 0 Å². The molecule has 6 nitrogen and oxygen atoms in total. The fraction of sp³-hybridized carbons (Fsp3) is 0.318. The van der Waals surface area contributed by atoms with E-state index < -0.39 is 0 Å². The second-order valence-corrected chi connectivity index (χ2v) is 7.98. The number of nitrogens with one attached hydrogen (secondary N) is 2. The molecule has 0 saturated carbocycles. The maximum Gasteiger partial charge on any atom is 0.251 e. The van der Waals surface area contributed by atoms with Gasteiger partial charge in [0.05, 0.1) is 6.20 Å². The number of rotatable bonds is 10. The van der Waals surface area contributed by atoms with Gasteiger partial charge in [-0.15, -0.1) is 11.3 Å². The minimum atomic E-state index is -0.134. The zero-order chi connectivity index (χ0) is 20.5. The summed E-state index contributed by atoms with van der Waals surface area (Å²) in [5, 5.41) is 12.0. The van der Waals surface area contributed by atoms with E-state index in [2.05, 4.69) is 21.8 Å². The fourth-order valence-corrected chi connectivity index (χ4v) is 3.79. The molecule has 0 aliphatic carbocycles. The van der Waals surface area contributed by atoms with Gasteiger partial charge < -0.3 is 10.6 Å². The Bertz CT molecular complexity index is 934. The number of nitrogens with zero attached hydrogens (tertiary/aromatic N) is 2. The second-order valence-electron chi connectivity index (χ2n) is 6.94. The zero-order valence-corrected chi connectivity index (χ0v) is 17.4. The summed E-state index contributed by atoms with van der Waals surface area (Å²) >= 11 is 1.71. The Balaban J connectivity index is 1.40. The Kier molecular flexibility index (Phi) is 7.58. The number of thiophene rings is 1. The van der Waals surface area contributed by atoms with Crippen LogP contribution in [-0.2, 0) is 24.7 Å². The van der Waals surface area contributed by atoms with Crippen LogP contribution in [-0.4, -0.2) is 28.1 Å². The topological polar surface area (TPSA) is 76.0 Å². The van der Waals surface area contributed by atoms with Crippen LogP contribution in [0.2, 0.25) is 0 Å². The van der Waals surface area contributed by atoms with Crippen LogP contribution >= 0.6 is 11.3 Å². The Hall–Kier alpha value is -2.93. The molecule has 0 spiro atoms. The van der Waals surface area contributed by atoms with Gasteiger partial charge in [-0.05, 0) is 60.9 Å². The van der Waals surface area contributed by atoms with Gasteiger partial charge in [-0.1, -0.05) is 12.1 Å². The van der Waals surface area contributed by atoms with E-state index in [-0.39, 0.29) is 11.8 Å². The largest absolute Gasteiger partial charge is 0.352 e. The van der Waals surface area contributed by atoms with E-state index in [4.69, 9.17) is 0 Å². The number of carbonyl (C=O) groups is 2. The first-order valence-corrected chi connectivity index (χ1v) is 10.7. The van der Waals surface area contributed by atoms with Gasteiger partial charge in [-0.25, -0.2) is 0 Å². The summed E-state index contributed by atoms with van der Waals surface area (Å²) in [5.74, 6) is -0.166. The van der Waals surface area contributed by atoms with Crippen LogP contribution in [0.3, 0.4) is 0 Å². The Labute approximate surface area is 175 Å². The van der Waals surface area contributed by atoms with Crippen LogP contribution in [0.5, 0.6) is 0 Å². The van der Waals surface area contributed by atoms with Crippen molar-refractivity contribution >= 4 is 28.8 Å². The monoisotopic (exact) mass is 410 g/mol. The molecule has 0 saturated heterocycles. The summed E-state index contributed by atoms with van der Waals surface area (Å²) in [6.45, 7) is 0.590. The molecule has 2 amide bonds. The molecule has 2 heterocycles. The quantitative estimate of drug-likeness (QED) is 0.499. The molecule has 1 aromatic carbocycles. The van der Waals surface area contributed by atoms with Crippen molar-refractivity contribution in [2.45, 2.75) is 32.1 Å². The lowest BCUT2D eigenvalue weighted by atomic mass is 10.1. The van der Waals surface area contributed by atoms with Crippen LogP contribution in [0.25, 0.3) is 0 Å². The van der Waals surface area contributed by atoms with E-state index in [1.54, 1.807) is 40.3 Å². The average molecular weight is 411 g/mol. The van der Waals surface area contributed by atoms with Gasteiger partial charge >= 0.3 is 0 Å². The highest BCUT2D eigenvalue weighted by Crippen LogP contribution is 2.14.